The molecule has 2 rings (SSSR count). The molecule has 0 radical (unpaired) electrons. The predicted molar refractivity (Wildman–Crippen MR) is 95.2 cm³/mol. The van der Waals surface area contributed by atoms with Crippen molar-refractivity contribution in [2.45, 2.75) is 56.8 Å². The molecule has 0 aromatic heterocycles. The Morgan fingerprint density at radius 1 is 1.40 bits per heavy atom. The van der Waals surface area contributed by atoms with Gasteiger partial charge in [0, 0.05) is 19.4 Å². The minimum atomic E-state index is -0.809. The van der Waals surface area contributed by atoms with Gasteiger partial charge in [-0.05, 0) is 13.8 Å². The fourth-order valence-corrected chi connectivity index (χ4v) is 3.78. The Bertz CT molecular complexity index is 491. The molecule has 5 atom stereocenters. The highest BCUT2D eigenvalue weighted by Crippen LogP contribution is 2.39. The molecular formula is C15H25NO7S2. The van der Waals surface area contributed by atoms with Crippen LogP contribution in [0, 0.1) is 0 Å². The van der Waals surface area contributed by atoms with E-state index >= 15 is 0 Å². The highest BCUT2D eigenvalue weighted by Gasteiger charge is 2.56. The monoisotopic (exact) mass is 395 g/mol. The van der Waals surface area contributed by atoms with Crippen molar-refractivity contribution in [2.24, 2.45) is 0 Å². The van der Waals surface area contributed by atoms with Gasteiger partial charge in [0.05, 0.1) is 19.6 Å². The molecular weight excluding hydrogens is 370 g/mol. The lowest BCUT2D eigenvalue weighted by Crippen LogP contribution is -2.43. The van der Waals surface area contributed by atoms with Gasteiger partial charge in [0.25, 0.3) is 0 Å². The molecule has 2 heterocycles. The Kier molecular flexibility index (Phi) is 7.44. The maximum atomic E-state index is 11.0. The SMILES string of the molecule is COC(=O)CCNC(=S)SC[C@H](O)[C@H]1O[C@@H]2OC(C)(C)O[C@@H]2[C@H]1OC. The molecule has 10 heteroatoms. The second-order valence-corrected chi connectivity index (χ2v) is 7.89. The van der Waals surface area contributed by atoms with E-state index in [9.17, 15) is 9.90 Å². The van der Waals surface area contributed by atoms with Crippen LogP contribution in [0.2, 0.25) is 0 Å². The van der Waals surface area contributed by atoms with Gasteiger partial charge in [0.15, 0.2) is 12.1 Å². The van der Waals surface area contributed by atoms with Crippen molar-refractivity contribution in [3.05, 3.63) is 0 Å². The van der Waals surface area contributed by atoms with Crippen LogP contribution in [0.15, 0.2) is 0 Å². The first kappa shape index (κ1) is 20.8. The number of carbonyl (C=O) groups is 1. The first-order valence-corrected chi connectivity index (χ1v) is 9.36. The number of aliphatic hydroxyl groups is 1. The molecule has 0 unspecified atom stereocenters. The fraction of sp³-hybridized carbons (Fsp3) is 0.867. The van der Waals surface area contributed by atoms with E-state index in [1.165, 1.54) is 18.9 Å². The number of esters is 1. The number of thiocarbonyl (C=S) groups is 1. The van der Waals surface area contributed by atoms with Crippen LogP contribution in [-0.2, 0) is 28.5 Å². The molecule has 2 aliphatic rings. The number of thioether (sulfide) groups is 1. The Labute approximate surface area is 156 Å². The molecule has 144 valence electrons. The molecule has 0 aromatic carbocycles. The maximum Gasteiger partial charge on any atom is 0.307 e. The van der Waals surface area contributed by atoms with Crippen LogP contribution in [0.25, 0.3) is 0 Å². The number of hydrogen-bond acceptors (Lipinski definition) is 9. The molecule has 2 N–H and O–H groups in total. The third-order valence-electron chi connectivity index (χ3n) is 3.89. The number of rotatable bonds is 7. The second-order valence-electron chi connectivity index (χ2n) is 6.19. The molecule has 0 aliphatic carbocycles. The summed E-state index contributed by atoms with van der Waals surface area (Å²) in [4.78, 5) is 11.0. The van der Waals surface area contributed by atoms with Crippen LogP contribution >= 0.6 is 24.0 Å². The Morgan fingerprint density at radius 2 is 2.12 bits per heavy atom. The first-order chi connectivity index (χ1) is 11.8. The first-order valence-electron chi connectivity index (χ1n) is 7.97. The van der Waals surface area contributed by atoms with Crippen molar-refractivity contribution >= 4 is 34.3 Å². The third-order valence-corrected chi connectivity index (χ3v) is 5.30. The minimum Gasteiger partial charge on any atom is -0.469 e. The van der Waals surface area contributed by atoms with E-state index in [-0.39, 0.29) is 18.5 Å². The van der Waals surface area contributed by atoms with Gasteiger partial charge in [-0.2, -0.15) is 0 Å². The van der Waals surface area contributed by atoms with Crippen LogP contribution in [0.1, 0.15) is 20.3 Å². The summed E-state index contributed by atoms with van der Waals surface area (Å²) < 4.78 is 27.8. The zero-order chi connectivity index (χ0) is 18.6. The maximum absolute atomic E-state index is 11.0. The van der Waals surface area contributed by atoms with Crippen molar-refractivity contribution in [2.75, 3.05) is 26.5 Å². The van der Waals surface area contributed by atoms with Crippen molar-refractivity contribution in [3.8, 4) is 0 Å². The molecule has 8 nitrogen and oxygen atoms in total. The summed E-state index contributed by atoms with van der Waals surface area (Å²) in [6, 6.07) is 0. The Morgan fingerprint density at radius 3 is 2.76 bits per heavy atom. The Balaban J connectivity index is 1.76. The predicted octanol–water partition coefficient (Wildman–Crippen LogP) is 0.409. The van der Waals surface area contributed by atoms with Crippen molar-refractivity contribution in [1.29, 1.82) is 0 Å². The quantitative estimate of drug-likeness (QED) is 0.466. The van der Waals surface area contributed by atoms with E-state index in [0.29, 0.717) is 16.6 Å². The summed E-state index contributed by atoms with van der Waals surface area (Å²) in [6.07, 6.45) is -2.52. The van der Waals surface area contributed by atoms with Crippen LogP contribution < -0.4 is 5.32 Å². The highest BCUT2D eigenvalue weighted by atomic mass is 32.2. The lowest BCUT2D eigenvalue weighted by molar-refractivity contribution is -0.226. The lowest BCUT2D eigenvalue weighted by Gasteiger charge is -2.27. The van der Waals surface area contributed by atoms with E-state index in [1.54, 1.807) is 21.0 Å². The van der Waals surface area contributed by atoms with Gasteiger partial charge < -0.3 is 34.1 Å². The number of hydrogen-bond donors (Lipinski definition) is 2. The minimum absolute atomic E-state index is 0.227. The summed E-state index contributed by atoms with van der Waals surface area (Å²) >= 11 is 6.44. The van der Waals surface area contributed by atoms with E-state index in [2.05, 4.69) is 10.1 Å². The van der Waals surface area contributed by atoms with E-state index in [4.69, 9.17) is 31.2 Å². The summed E-state index contributed by atoms with van der Waals surface area (Å²) in [6.45, 7) is 4.00. The van der Waals surface area contributed by atoms with Gasteiger partial charge in [-0.3, -0.25) is 4.79 Å². The summed E-state index contributed by atoms with van der Waals surface area (Å²) in [7, 11) is 2.89. The molecule has 25 heavy (non-hydrogen) atoms. The molecule has 0 spiro atoms. The number of fused-ring (bicyclic) bond motifs is 1. The Hall–Kier alpha value is -0.490. The van der Waals surface area contributed by atoms with E-state index in [0.717, 1.165) is 0 Å². The number of carbonyl (C=O) groups excluding carboxylic acids is 1. The smallest absolute Gasteiger partial charge is 0.307 e. The average Bonchev–Trinajstić information content (AvgIpc) is 3.03. The molecule has 2 aliphatic heterocycles. The van der Waals surface area contributed by atoms with Crippen LogP contribution in [0.3, 0.4) is 0 Å². The van der Waals surface area contributed by atoms with Gasteiger partial charge in [0.2, 0.25) is 0 Å². The molecule has 0 bridgehead atoms. The molecule has 0 saturated carbocycles. The number of nitrogens with one attached hydrogen (secondary N) is 1. The molecule has 2 saturated heterocycles. The summed E-state index contributed by atoms with van der Waals surface area (Å²) in [5.74, 6) is -0.726. The van der Waals surface area contributed by atoms with Crippen molar-refractivity contribution in [3.63, 3.8) is 0 Å². The summed E-state index contributed by atoms with van der Waals surface area (Å²) in [5, 5.41) is 13.4. The standard InChI is InChI=1S/C15H25NO7S2/c1-15(2)22-12-11(20-4)10(21-13(12)23-15)8(17)7-25-14(24)16-6-5-9(18)19-3/h8,10-13,17H,5-7H2,1-4H3,(H,16,24)/t8-,10+,11-,12+,13+/m0/s1. The van der Waals surface area contributed by atoms with Gasteiger partial charge in [-0.1, -0.05) is 24.0 Å². The lowest BCUT2D eigenvalue weighted by atomic mass is 10.1. The fourth-order valence-electron chi connectivity index (χ4n) is 2.76. The van der Waals surface area contributed by atoms with Gasteiger partial charge in [-0.25, -0.2) is 0 Å². The zero-order valence-corrected chi connectivity index (χ0v) is 16.4. The van der Waals surface area contributed by atoms with Crippen LogP contribution in [0.4, 0.5) is 0 Å². The molecule has 2 fully saturated rings. The van der Waals surface area contributed by atoms with Crippen molar-refractivity contribution in [1.82, 2.24) is 5.32 Å². The van der Waals surface area contributed by atoms with E-state index in [1.807, 2.05) is 0 Å². The van der Waals surface area contributed by atoms with Crippen LogP contribution in [-0.4, -0.2) is 78.4 Å². The number of aliphatic hydroxyl groups excluding tert-OH is 1. The third kappa shape index (κ3) is 5.49. The number of ether oxygens (including phenoxy) is 5. The summed E-state index contributed by atoms with van der Waals surface area (Å²) in [5.41, 5.74) is 0. The molecule has 0 amide bonds. The van der Waals surface area contributed by atoms with Crippen LogP contribution in [0.5, 0.6) is 0 Å². The normalized spacial score (nSPS) is 31.4. The average molecular weight is 395 g/mol. The number of methoxy groups -OCH3 is 2. The topological polar surface area (TPSA) is 95.5 Å². The molecule has 0 aromatic rings. The zero-order valence-electron chi connectivity index (χ0n) is 14.7. The highest BCUT2D eigenvalue weighted by molar-refractivity contribution is 8.23. The van der Waals surface area contributed by atoms with Gasteiger partial charge in [0.1, 0.15) is 22.6 Å². The van der Waals surface area contributed by atoms with Gasteiger partial charge >= 0.3 is 5.97 Å². The van der Waals surface area contributed by atoms with Crippen molar-refractivity contribution < 1.29 is 33.6 Å². The van der Waals surface area contributed by atoms with Gasteiger partial charge in [-0.15, -0.1) is 0 Å². The largest absolute Gasteiger partial charge is 0.469 e. The van der Waals surface area contributed by atoms with E-state index < -0.39 is 30.4 Å². The second kappa shape index (κ2) is 8.94.